The van der Waals surface area contributed by atoms with Crippen LogP contribution in [-0.4, -0.2) is 24.2 Å². The van der Waals surface area contributed by atoms with Crippen molar-refractivity contribution in [1.82, 2.24) is 5.32 Å². The molecule has 2 aromatic rings. The van der Waals surface area contributed by atoms with Crippen LogP contribution < -0.4 is 20.1 Å². The first kappa shape index (κ1) is 19.9. The largest absolute Gasteiger partial charge is 0.493 e. The van der Waals surface area contributed by atoms with Crippen LogP contribution in [0.15, 0.2) is 59.6 Å². The third kappa shape index (κ3) is 5.57. The Balaban J connectivity index is 2.03. The number of thiocarbonyl (C=S) groups is 1. The second-order valence-corrected chi connectivity index (χ2v) is 6.34. The van der Waals surface area contributed by atoms with Gasteiger partial charge in [-0.15, -0.1) is 0 Å². The number of ether oxygens (including phenoxy) is 2. The first-order valence-electron chi connectivity index (χ1n) is 7.92. The molecule has 0 heterocycles. The molecule has 0 spiro atoms. The minimum absolute atomic E-state index is 0.176. The van der Waals surface area contributed by atoms with Crippen molar-refractivity contribution in [3.05, 3.63) is 65.2 Å². The van der Waals surface area contributed by atoms with Crippen LogP contribution in [0.3, 0.4) is 0 Å². The summed E-state index contributed by atoms with van der Waals surface area (Å²) in [5.41, 5.74) is 1.12. The highest BCUT2D eigenvalue weighted by Crippen LogP contribution is 2.26. The van der Waals surface area contributed by atoms with Crippen molar-refractivity contribution >= 4 is 44.9 Å². The lowest BCUT2D eigenvalue weighted by Gasteiger charge is -2.14. The van der Waals surface area contributed by atoms with Gasteiger partial charge in [0.25, 0.3) is 5.91 Å². The summed E-state index contributed by atoms with van der Waals surface area (Å²) >= 11 is 8.62. The molecule has 136 valence electrons. The molecular weight excluding hydrogens is 416 g/mol. The number of hydrogen-bond donors (Lipinski definition) is 2. The highest BCUT2D eigenvalue weighted by molar-refractivity contribution is 9.10. The predicted octanol–water partition coefficient (Wildman–Crippen LogP) is 4.54. The van der Waals surface area contributed by atoms with E-state index >= 15 is 0 Å². The quantitative estimate of drug-likeness (QED) is 0.494. The molecule has 0 atom stereocenters. The second kappa shape index (κ2) is 9.94. The third-order valence-corrected chi connectivity index (χ3v) is 4.04. The molecule has 0 fully saturated rings. The van der Waals surface area contributed by atoms with Crippen molar-refractivity contribution in [1.29, 1.82) is 0 Å². The summed E-state index contributed by atoms with van der Waals surface area (Å²) in [7, 11) is 0. The van der Waals surface area contributed by atoms with Crippen molar-refractivity contribution in [3.8, 4) is 11.5 Å². The van der Waals surface area contributed by atoms with Crippen molar-refractivity contribution in [2.45, 2.75) is 6.92 Å². The number of anilines is 1. The van der Waals surface area contributed by atoms with Gasteiger partial charge in [0.15, 0.2) is 5.11 Å². The lowest BCUT2D eigenvalue weighted by Crippen LogP contribution is -2.34. The van der Waals surface area contributed by atoms with Crippen LogP contribution >= 0.6 is 28.1 Å². The Labute approximate surface area is 166 Å². The summed E-state index contributed by atoms with van der Waals surface area (Å²) in [5.74, 6) is 0.974. The summed E-state index contributed by atoms with van der Waals surface area (Å²) in [6.07, 6.45) is 1.65. The average Bonchev–Trinajstić information content (AvgIpc) is 2.62. The highest BCUT2D eigenvalue weighted by Gasteiger charge is 2.12. The van der Waals surface area contributed by atoms with Crippen molar-refractivity contribution in [3.63, 3.8) is 0 Å². The lowest BCUT2D eigenvalue weighted by atomic mass is 10.2. The topological polar surface area (TPSA) is 59.6 Å². The SMILES string of the molecule is C=CCOc1ccccc1NC(=S)NC(=O)c1ccc(OCC)c(Br)c1. The van der Waals surface area contributed by atoms with E-state index in [0.717, 1.165) is 0 Å². The van der Waals surface area contributed by atoms with Gasteiger partial charge in [0.2, 0.25) is 0 Å². The Morgan fingerprint density at radius 3 is 2.69 bits per heavy atom. The van der Waals surface area contributed by atoms with Crippen LogP contribution in [0.4, 0.5) is 5.69 Å². The van der Waals surface area contributed by atoms with Gasteiger partial charge in [-0.05, 0) is 65.4 Å². The zero-order valence-corrected chi connectivity index (χ0v) is 16.7. The van der Waals surface area contributed by atoms with E-state index in [4.69, 9.17) is 21.7 Å². The monoisotopic (exact) mass is 434 g/mol. The minimum atomic E-state index is -0.323. The van der Waals surface area contributed by atoms with Crippen LogP contribution in [-0.2, 0) is 0 Å². The Morgan fingerprint density at radius 1 is 1.23 bits per heavy atom. The van der Waals surface area contributed by atoms with Crippen molar-refractivity contribution in [2.75, 3.05) is 18.5 Å². The molecule has 2 aromatic carbocycles. The van der Waals surface area contributed by atoms with Gasteiger partial charge >= 0.3 is 0 Å². The molecule has 5 nitrogen and oxygen atoms in total. The molecule has 0 aliphatic rings. The van der Waals surface area contributed by atoms with E-state index in [1.54, 1.807) is 30.3 Å². The first-order valence-corrected chi connectivity index (χ1v) is 9.12. The number of carbonyl (C=O) groups excluding carboxylic acids is 1. The smallest absolute Gasteiger partial charge is 0.257 e. The summed E-state index contributed by atoms with van der Waals surface area (Å²) < 4.78 is 11.7. The van der Waals surface area contributed by atoms with Crippen LogP contribution in [0.5, 0.6) is 11.5 Å². The number of nitrogens with one attached hydrogen (secondary N) is 2. The van der Waals surface area contributed by atoms with Gasteiger partial charge in [-0.25, -0.2) is 0 Å². The van der Waals surface area contributed by atoms with Gasteiger partial charge in [0.05, 0.1) is 16.8 Å². The molecule has 7 heteroatoms. The number of halogens is 1. The van der Waals surface area contributed by atoms with E-state index < -0.39 is 0 Å². The van der Waals surface area contributed by atoms with Crippen molar-refractivity contribution in [2.24, 2.45) is 0 Å². The first-order chi connectivity index (χ1) is 12.5. The van der Waals surface area contributed by atoms with Crippen molar-refractivity contribution < 1.29 is 14.3 Å². The standard InChI is InChI=1S/C19H19BrN2O3S/c1-3-11-25-17-8-6-5-7-15(17)21-19(26)22-18(23)13-9-10-16(24-4-2)14(20)12-13/h3,5-10,12H,1,4,11H2,2H3,(H2,21,22,23,26). The molecule has 0 saturated heterocycles. The molecule has 0 radical (unpaired) electrons. The van der Waals surface area contributed by atoms with E-state index in [-0.39, 0.29) is 11.0 Å². The molecule has 0 unspecified atom stereocenters. The van der Waals surface area contributed by atoms with Gasteiger partial charge in [-0.1, -0.05) is 24.8 Å². The number of para-hydroxylation sites is 2. The maximum Gasteiger partial charge on any atom is 0.257 e. The van der Waals surface area contributed by atoms with Gasteiger partial charge in [0, 0.05) is 5.56 Å². The van der Waals surface area contributed by atoms with E-state index in [1.165, 1.54) is 0 Å². The molecule has 2 rings (SSSR count). The number of benzene rings is 2. The van der Waals surface area contributed by atoms with Gasteiger partial charge in [0.1, 0.15) is 18.1 Å². The van der Waals surface area contributed by atoms with Crippen LogP contribution in [0.2, 0.25) is 0 Å². The molecule has 2 N–H and O–H groups in total. The Kier molecular flexibility index (Phi) is 7.62. The zero-order chi connectivity index (χ0) is 18.9. The van der Waals surface area contributed by atoms with Gasteiger partial charge in [-0.2, -0.15) is 0 Å². The summed E-state index contributed by atoms with van der Waals surface area (Å²) in [6.45, 7) is 6.44. The molecular formula is C19H19BrN2O3S. The summed E-state index contributed by atoms with van der Waals surface area (Å²) in [5, 5.41) is 5.80. The second-order valence-electron chi connectivity index (χ2n) is 5.08. The zero-order valence-electron chi connectivity index (χ0n) is 14.3. The normalized spacial score (nSPS) is 9.92. The van der Waals surface area contributed by atoms with E-state index in [0.29, 0.717) is 40.4 Å². The highest BCUT2D eigenvalue weighted by atomic mass is 79.9. The minimum Gasteiger partial charge on any atom is -0.493 e. The van der Waals surface area contributed by atoms with Crippen LogP contribution in [0, 0.1) is 0 Å². The van der Waals surface area contributed by atoms with E-state index in [9.17, 15) is 4.79 Å². The summed E-state index contributed by atoms with van der Waals surface area (Å²) in [6, 6.07) is 12.4. The Bertz CT molecular complexity index is 811. The Hall–Kier alpha value is -2.38. The molecule has 0 aromatic heterocycles. The van der Waals surface area contributed by atoms with Crippen LogP contribution in [0.1, 0.15) is 17.3 Å². The number of hydrogen-bond acceptors (Lipinski definition) is 4. The van der Waals surface area contributed by atoms with E-state index in [1.807, 2.05) is 25.1 Å². The van der Waals surface area contributed by atoms with E-state index in [2.05, 4.69) is 33.1 Å². The summed E-state index contributed by atoms with van der Waals surface area (Å²) in [4.78, 5) is 12.4. The fraction of sp³-hybridized carbons (Fsp3) is 0.158. The predicted molar refractivity (Wildman–Crippen MR) is 111 cm³/mol. The number of amides is 1. The molecule has 1 amide bonds. The molecule has 0 bridgehead atoms. The third-order valence-electron chi connectivity index (χ3n) is 3.21. The molecule has 0 aliphatic carbocycles. The van der Waals surface area contributed by atoms with Crippen LogP contribution in [0.25, 0.3) is 0 Å². The number of rotatable bonds is 7. The lowest BCUT2D eigenvalue weighted by molar-refractivity contribution is 0.0977. The molecule has 26 heavy (non-hydrogen) atoms. The maximum absolute atomic E-state index is 12.4. The maximum atomic E-state index is 12.4. The van der Waals surface area contributed by atoms with Gasteiger partial charge in [-0.3, -0.25) is 10.1 Å². The Morgan fingerprint density at radius 2 is 2.00 bits per heavy atom. The average molecular weight is 435 g/mol. The van der Waals surface area contributed by atoms with Gasteiger partial charge < -0.3 is 14.8 Å². The molecule has 0 saturated carbocycles. The fourth-order valence-corrected chi connectivity index (χ4v) is 2.78. The fourth-order valence-electron chi connectivity index (χ4n) is 2.09. The molecule has 0 aliphatic heterocycles. The number of carbonyl (C=O) groups is 1.